The maximum Gasteiger partial charge on any atom is 0.111 e. The van der Waals surface area contributed by atoms with Crippen molar-refractivity contribution in [2.24, 2.45) is 64.6 Å². The largest absolute Gasteiger partial charge is 0.264 e. The van der Waals surface area contributed by atoms with Crippen molar-refractivity contribution in [1.29, 1.82) is 0 Å². The molecule has 0 aliphatic heterocycles. The number of aryl methyl sites for hydroxylation is 1. The van der Waals surface area contributed by atoms with Gasteiger partial charge in [-0.2, -0.15) is 0 Å². The summed E-state index contributed by atoms with van der Waals surface area (Å²) in [6.07, 6.45) is 29.6. The van der Waals surface area contributed by atoms with Crippen molar-refractivity contribution in [3.8, 4) is 0 Å². The van der Waals surface area contributed by atoms with Gasteiger partial charge in [-0.05, 0) is 153 Å². The number of aromatic nitrogens is 1. The van der Waals surface area contributed by atoms with Gasteiger partial charge < -0.3 is 0 Å². The third-order valence-corrected chi connectivity index (χ3v) is 12.5. The molecule has 298 valence electrons. The van der Waals surface area contributed by atoms with Crippen LogP contribution in [-0.2, 0) is 6.42 Å². The maximum absolute atomic E-state index is 13.2. The third-order valence-electron chi connectivity index (χ3n) is 12.5. The van der Waals surface area contributed by atoms with Gasteiger partial charge in [0.25, 0.3) is 0 Å². The first-order chi connectivity index (χ1) is 23.9. The molecule has 0 unspecified atom stereocenters. The summed E-state index contributed by atoms with van der Waals surface area (Å²) in [6, 6.07) is 2.20. The predicted molar refractivity (Wildman–Crippen MR) is 225 cm³/mol. The van der Waals surface area contributed by atoms with Crippen LogP contribution in [0.5, 0.6) is 0 Å². The van der Waals surface area contributed by atoms with Crippen LogP contribution in [-0.4, -0.2) is 10.7 Å². The predicted octanol–water partition coefficient (Wildman–Crippen LogP) is 16.1. The second-order valence-electron chi connectivity index (χ2n) is 21.0. The molecule has 7 fully saturated rings. The van der Waals surface area contributed by atoms with Gasteiger partial charge in [0.15, 0.2) is 0 Å². The third kappa shape index (κ3) is 19.8. The van der Waals surface area contributed by atoms with Gasteiger partial charge in [0, 0.05) is 12.4 Å². The standard InChI is InChI=1S/C10H15N.C8H15F.C8H14.2C8H16.C7H14/c1-8(2)4-10-5-9(3)6-11-7-10;1-7(2)6-8(9)4-3-5-8;1-6(2)8-3-7(4-8)5-8;2*1-7(2)6-8-4-3-5-8;1-6(2)5-7-3-4-7/h5-8H,4H2,1-3H3;7H,3-6H2,1-2H3;6-7H,3-5H2,1-2H3;2*7-8H,3-6H2,1-2H3;6-7H,3-5H2,1-2H3. The van der Waals surface area contributed by atoms with Crippen LogP contribution in [0.15, 0.2) is 18.5 Å². The fourth-order valence-corrected chi connectivity index (χ4v) is 8.76. The Labute approximate surface area is 320 Å². The van der Waals surface area contributed by atoms with E-state index >= 15 is 0 Å². The molecule has 0 atom stereocenters. The Hall–Kier alpha value is -0.920. The zero-order valence-corrected chi connectivity index (χ0v) is 36.8. The zero-order valence-electron chi connectivity index (χ0n) is 36.8. The molecule has 7 aliphatic rings. The quantitative estimate of drug-likeness (QED) is 0.223. The van der Waals surface area contributed by atoms with E-state index in [1.165, 1.54) is 81.8 Å². The summed E-state index contributed by atoms with van der Waals surface area (Å²) >= 11 is 0. The van der Waals surface area contributed by atoms with E-state index < -0.39 is 5.67 Å². The van der Waals surface area contributed by atoms with Crippen molar-refractivity contribution in [2.75, 3.05) is 0 Å². The normalized spacial score (nSPS) is 24.0. The summed E-state index contributed by atoms with van der Waals surface area (Å²) in [5.74, 6) is 9.51. The summed E-state index contributed by atoms with van der Waals surface area (Å²) < 4.78 is 13.2. The SMILES string of the molecule is CC(C)C12CC(C1)C2.CC(C)CC1(F)CCC1.CC(C)CC1CC1.CC(C)CC1CCC1.CC(C)CC1CCC1.Cc1cncc(CC(C)C)c1. The highest BCUT2D eigenvalue weighted by molar-refractivity contribution is 5.16. The molecule has 2 bridgehead atoms. The summed E-state index contributed by atoms with van der Waals surface area (Å²) in [5.41, 5.74) is 2.71. The molecule has 8 rings (SSSR count). The molecule has 1 heterocycles. The summed E-state index contributed by atoms with van der Waals surface area (Å²) in [5, 5.41) is 0. The summed E-state index contributed by atoms with van der Waals surface area (Å²) in [6.45, 7) is 29.3. The van der Waals surface area contributed by atoms with E-state index in [0.29, 0.717) is 5.92 Å². The van der Waals surface area contributed by atoms with Crippen LogP contribution in [0.2, 0.25) is 0 Å². The Morgan fingerprint density at radius 3 is 1.24 bits per heavy atom. The highest BCUT2D eigenvalue weighted by atomic mass is 19.1. The van der Waals surface area contributed by atoms with Gasteiger partial charge in [-0.25, -0.2) is 4.39 Å². The lowest BCUT2D eigenvalue weighted by Crippen LogP contribution is -2.54. The molecular formula is C49H90FN. The minimum atomic E-state index is -0.756. The van der Waals surface area contributed by atoms with Crippen molar-refractivity contribution in [3.63, 3.8) is 0 Å². The molecule has 0 N–H and O–H groups in total. The Kier molecular flexibility index (Phi) is 20.9. The first kappa shape index (κ1) is 46.2. The van der Waals surface area contributed by atoms with E-state index in [1.54, 1.807) is 19.3 Å². The second kappa shape index (κ2) is 23.1. The van der Waals surface area contributed by atoms with Crippen molar-refractivity contribution in [3.05, 3.63) is 29.6 Å². The van der Waals surface area contributed by atoms with Crippen LogP contribution in [0, 0.1) is 71.5 Å². The van der Waals surface area contributed by atoms with E-state index in [4.69, 9.17) is 0 Å². The van der Waals surface area contributed by atoms with Crippen molar-refractivity contribution < 1.29 is 4.39 Å². The number of alkyl halides is 1. The van der Waals surface area contributed by atoms with Crippen LogP contribution in [0.1, 0.15) is 210 Å². The Bertz CT molecular complexity index is 983. The van der Waals surface area contributed by atoms with Crippen LogP contribution in [0.4, 0.5) is 4.39 Å². The fraction of sp³-hybridized carbons (Fsp3) is 0.898. The Morgan fingerprint density at radius 1 is 0.608 bits per heavy atom. The number of hydrogen-bond acceptors (Lipinski definition) is 1. The van der Waals surface area contributed by atoms with Gasteiger partial charge in [0.1, 0.15) is 5.67 Å². The molecular weight excluding hydrogens is 622 g/mol. The fourth-order valence-electron chi connectivity index (χ4n) is 8.76. The van der Waals surface area contributed by atoms with Gasteiger partial charge in [-0.3, -0.25) is 4.98 Å². The average molecular weight is 712 g/mol. The minimum absolute atomic E-state index is 0.523. The molecule has 0 aromatic carbocycles. The molecule has 1 aromatic heterocycles. The van der Waals surface area contributed by atoms with Crippen molar-refractivity contribution in [1.82, 2.24) is 4.98 Å². The summed E-state index contributed by atoms with van der Waals surface area (Å²) in [7, 11) is 0. The zero-order chi connectivity index (χ0) is 38.2. The van der Waals surface area contributed by atoms with Gasteiger partial charge in [-0.15, -0.1) is 0 Å². The van der Waals surface area contributed by atoms with E-state index in [-0.39, 0.29) is 0 Å². The highest BCUT2D eigenvalue weighted by Crippen LogP contribution is 2.67. The van der Waals surface area contributed by atoms with E-state index in [2.05, 4.69) is 101 Å². The lowest BCUT2D eigenvalue weighted by Gasteiger charge is -2.64. The lowest BCUT2D eigenvalue weighted by atomic mass is 9.41. The molecule has 0 spiro atoms. The molecule has 51 heavy (non-hydrogen) atoms. The number of hydrogen-bond donors (Lipinski definition) is 0. The van der Waals surface area contributed by atoms with Crippen molar-refractivity contribution >= 4 is 0 Å². The van der Waals surface area contributed by atoms with E-state index in [0.717, 1.165) is 90.8 Å². The van der Waals surface area contributed by atoms with Gasteiger partial charge in [0.2, 0.25) is 0 Å². The first-order valence-corrected chi connectivity index (χ1v) is 22.5. The highest BCUT2D eigenvalue weighted by Gasteiger charge is 2.57. The lowest BCUT2D eigenvalue weighted by molar-refractivity contribution is -0.141. The Balaban J connectivity index is 0.000000213. The van der Waals surface area contributed by atoms with Gasteiger partial charge in [-0.1, -0.05) is 141 Å². The number of pyridine rings is 1. The minimum Gasteiger partial charge on any atom is -0.264 e. The molecule has 7 saturated carbocycles. The van der Waals surface area contributed by atoms with Crippen molar-refractivity contribution in [2.45, 2.75) is 218 Å². The first-order valence-electron chi connectivity index (χ1n) is 22.5. The monoisotopic (exact) mass is 712 g/mol. The molecule has 0 saturated heterocycles. The van der Waals surface area contributed by atoms with Crippen LogP contribution >= 0.6 is 0 Å². The van der Waals surface area contributed by atoms with Crippen LogP contribution < -0.4 is 0 Å². The Morgan fingerprint density at radius 2 is 1.06 bits per heavy atom. The van der Waals surface area contributed by atoms with Gasteiger partial charge >= 0.3 is 0 Å². The molecule has 1 aromatic rings. The average Bonchev–Trinajstić information content (AvgIpc) is 3.70. The molecule has 0 radical (unpaired) electrons. The maximum atomic E-state index is 13.2. The second-order valence-corrected chi connectivity index (χ2v) is 21.0. The van der Waals surface area contributed by atoms with Crippen LogP contribution in [0.25, 0.3) is 0 Å². The molecule has 2 heteroatoms. The van der Waals surface area contributed by atoms with E-state index in [9.17, 15) is 4.39 Å². The number of halogens is 1. The topological polar surface area (TPSA) is 12.9 Å². The number of nitrogens with zero attached hydrogens (tertiary/aromatic N) is 1. The molecule has 1 nitrogen and oxygen atoms in total. The van der Waals surface area contributed by atoms with Crippen LogP contribution in [0.3, 0.4) is 0 Å². The smallest absolute Gasteiger partial charge is 0.111 e. The van der Waals surface area contributed by atoms with E-state index in [1.807, 2.05) is 12.4 Å². The molecule has 0 amide bonds. The molecule has 7 aliphatic carbocycles. The van der Waals surface area contributed by atoms with Gasteiger partial charge in [0.05, 0.1) is 0 Å². The number of rotatable bonds is 11. The summed E-state index contributed by atoms with van der Waals surface area (Å²) in [4.78, 5) is 4.14.